The van der Waals surface area contributed by atoms with Gasteiger partial charge in [-0.2, -0.15) is 0 Å². The van der Waals surface area contributed by atoms with Crippen molar-refractivity contribution in [1.29, 1.82) is 0 Å². The average molecular weight is 645 g/mol. The van der Waals surface area contributed by atoms with E-state index in [4.69, 9.17) is 9.47 Å². The van der Waals surface area contributed by atoms with E-state index in [0.717, 1.165) is 56.2 Å². The van der Waals surface area contributed by atoms with Gasteiger partial charge in [-0.25, -0.2) is 0 Å². The lowest BCUT2D eigenvalue weighted by Gasteiger charge is -2.35. The predicted molar refractivity (Wildman–Crippen MR) is 185 cm³/mol. The van der Waals surface area contributed by atoms with Crippen LogP contribution in [0, 0.1) is 13.8 Å². The van der Waals surface area contributed by atoms with Crippen LogP contribution in [0.4, 0.5) is 0 Å². The molecule has 2 atom stereocenters. The summed E-state index contributed by atoms with van der Waals surface area (Å²) in [5, 5.41) is 0. The molecule has 0 spiro atoms. The Kier molecular flexibility index (Phi) is 7.76. The summed E-state index contributed by atoms with van der Waals surface area (Å²) in [5.41, 5.74) is 9.83. The van der Waals surface area contributed by atoms with Crippen molar-refractivity contribution in [2.24, 2.45) is 0 Å². The summed E-state index contributed by atoms with van der Waals surface area (Å²) in [5.74, 6) is 0.364. The number of carbonyl (C=O) groups is 2. The van der Waals surface area contributed by atoms with Crippen LogP contribution < -0.4 is 9.47 Å². The van der Waals surface area contributed by atoms with Crippen LogP contribution in [0.3, 0.4) is 0 Å². The lowest BCUT2D eigenvalue weighted by Crippen LogP contribution is -2.34. The number of fused-ring (bicyclic) bond motifs is 6. The molecule has 2 aliphatic carbocycles. The van der Waals surface area contributed by atoms with E-state index in [9.17, 15) is 9.59 Å². The van der Waals surface area contributed by atoms with Gasteiger partial charge in [0.15, 0.2) is 11.6 Å². The van der Waals surface area contributed by atoms with E-state index in [2.05, 4.69) is 19.9 Å². The van der Waals surface area contributed by atoms with Gasteiger partial charge >= 0.3 is 0 Å². The first-order chi connectivity index (χ1) is 23.9. The zero-order valence-corrected chi connectivity index (χ0v) is 27.1. The number of aromatic nitrogens is 4. The highest BCUT2D eigenvalue weighted by molar-refractivity contribution is 6.14. The fourth-order valence-electron chi connectivity index (χ4n) is 6.74. The Morgan fingerprint density at radius 1 is 0.531 bits per heavy atom. The van der Waals surface area contributed by atoms with Crippen molar-refractivity contribution in [3.05, 3.63) is 154 Å². The zero-order valence-electron chi connectivity index (χ0n) is 27.1. The molecule has 8 nitrogen and oxygen atoms in total. The van der Waals surface area contributed by atoms with E-state index in [-0.39, 0.29) is 11.6 Å². The molecule has 2 unspecified atom stereocenters. The topological polar surface area (TPSA) is 104 Å². The summed E-state index contributed by atoms with van der Waals surface area (Å²) in [6.45, 7) is 4.64. The van der Waals surface area contributed by atoms with E-state index in [1.54, 1.807) is 36.9 Å². The first-order valence-corrected chi connectivity index (χ1v) is 16.3. The van der Waals surface area contributed by atoms with Gasteiger partial charge in [0.2, 0.25) is 0 Å². The van der Waals surface area contributed by atoms with Crippen LogP contribution in [0.15, 0.2) is 110 Å². The van der Waals surface area contributed by atoms with Gasteiger partial charge in [-0.3, -0.25) is 29.5 Å². The smallest absolute Gasteiger partial charge is 0.170 e. The first kappa shape index (κ1) is 30.3. The Bertz CT molecular complexity index is 2110. The number of hydrogen-bond donors (Lipinski definition) is 0. The Labute approximate surface area is 283 Å². The van der Waals surface area contributed by atoms with Gasteiger partial charge in [0.05, 0.1) is 22.8 Å². The van der Waals surface area contributed by atoms with Crippen LogP contribution in [0.1, 0.15) is 72.4 Å². The van der Waals surface area contributed by atoms with Crippen LogP contribution in [0.25, 0.3) is 22.8 Å². The van der Waals surface area contributed by atoms with Gasteiger partial charge in [-0.15, -0.1) is 0 Å². The SMILES string of the molecule is Cc1ccnc(-c2cc(COc3ccc4c(c3)C(=O)C3CC4C(=O)c4cc(OCc5ccnc(-c6cc(C)ccn6)c5)ccc43)ccn2)c1. The van der Waals surface area contributed by atoms with Crippen LogP contribution in [0.2, 0.25) is 0 Å². The minimum absolute atomic E-state index is 0.00455. The second kappa shape index (κ2) is 12.5. The van der Waals surface area contributed by atoms with E-state index in [0.29, 0.717) is 42.3 Å². The number of carbonyl (C=O) groups excluding carboxylic acids is 2. The summed E-state index contributed by atoms with van der Waals surface area (Å²) in [6, 6.07) is 26.6. The van der Waals surface area contributed by atoms with Gasteiger partial charge < -0.3 is 9.47 Å². The molecule has 2 aromatic carbocycles. The lowest BCUT2D eigenvalue weighted by atomic mass is 9.65. The molecule has 49 heavy (non-hydrogen) atoms. The largest absolute Gasteiger partial charge is 0.489 e. The summed E-state index contributed by atoms with van der Waals surface area (Å²) >= 11 is 0. The van der Waals surface area contributed by atoms with E-state index in [1.807, 2.05) is 86.6 Å². The maximum atomic E-state index is 13.9. The minimum atomic E-state index is -0.399. The van der Waals surface area contributed by atoms with Crippen molar-refractivity contribution < 1.29 is 19.1 Å². The normalized spacial score (nSPS) is 16.1. The number of ketones is 2. The summed E-state index contributed by atoms with van der Waals surface area (Å²) in [7, 11) is 0. The second-order valence-corrected chi connectivity index (χ2v) is 12.7. The third-order valence-corrected chi connectivity index (χ3v) is 9.25. The molecule has 0 saturated carbocycles. The number of hydrogen-bond acceptors (Lipinski definition) is 8. The number of nitrogens with zero attached hydrogens (tertiary/aromatic N) is 4. The van der Waals surface area contributed by atoms with E-state index < -0.39 is 11.8 Å². The summed E-state index contributed by atoms with van der Waals surface area (Å²) in [6.07, 6.45) is 7.50. The molecule has 8 heteroatoms. The van der Waals surface area contributed by atoms with Gasteiger partial charge in [0, 0.05) is 47.8 Å². The molecule has 0 saturated heterocycles. The maximum Gasteiger partial charge on any atom is 0.170 e. The second-order valence-electron chi connectivity index (χ2n) is 12.7. The molecule has 6 aromatic rings. The molecule has 8 rings (SSSR count). The molecule has 4 heterocycles. The maximum absolute atomic E-state index is 13.9. The van der Waals surface area contributed by atoms with Crippen molar-refractivity contribution in [1.82, 2.24) is 19.9 Å². The number of benzene rings is 2. The Hall–Kier alpha value is -6.02. The lowest BCUT2D eigenvalue weighted by molar-refractivity contribution is 0.0874. The number of Topliss-reactive ketones (excluding diaryl/α,β-unsaturated/α-hetero) is 2. The molecule has 0 aliphatic heterocycles. The summed E-state index contributed by atoms with van der Waals surface area (Å²) < 4.78 is 12.3. The van der Waals surface area contributed by atoms with E-state index in [1.165, 1.54) is 0 Å². The van der Waals surface area contributed by atoms with Crippen LogP contribution in [-0.4, -0.2) is 31.5 Å². The molecular formula is C41H32N4O4. The van der Waals surface area contributed by atoms with Crippen molar-refractivity contribution in [2.45, 2.75) is 45.3 Å². The van der Waals surface area contributed by atoms with Crippen molar-refractivity contribution in [3.63, 3.8) is 0 Å². The summed E-state index contributed by atoms with van der Waals surface area (Å²) in [4.78, 5) is 45.6. The third kappa shape index (κ3) is 5.97. The number of pyridine rings is 4. The molecule has 0 radical (unpaired) electrons. The van der Waals surface area contributed by atoms with E-state index >= 15 is 0 Å². The van der Waals surface area contributed by atoms with Crippen LogP contribution in [0.5, 0.6) is 11.5 Å². The fourth-order valence-corrected chi connectivity index (χ4v) is 6.74. The number of ether oxygens (including phenoxy) is 2. The molecule has 2 aliphatic rings. The minimum Gasteiger partial charge on any atom is -0.489 e. The highest BCUT2D eigenvalue weighted by Crippen LogP contribution is 2.48. The van der Waals surface area contributed by atoms with Crippen molar-refractivity contribution >= 4 is 11.6 Å². The fraction of sp³-hybridized carbons (Fsp3) is 0.171. The molecular weight excluding hydrogens is 612 g/mol. The van der Waals surface area contributed by atoms with Gasteiger partial charge in [0.1, 0.15) is 24.7 Å². The Balaban J connectivity index is 0.980. The Morgan fingerprint density at radius 2 is 0.939 bits per heavy atom. The van der Waals surface area contributed by atoms with Crippen molar-refractivity contribution in [3.8, 4) is 34.3 Å². The molecule has 240 valence electrons. The van der Waals surface area contributed by atoms with Gasteiger partial charge in [0.25, 0.3) is 0 Å². The van der Waals surface area contributed by atoms with Crippen molar-refractivity contribution in [2.75, 3.05) is 0 Å². The molecule has 2 bridgehead atoms. The number of rotatable bonds is 8. The van der Waals surface area contributed by atoms with Crippen LogP contribution in [-0.2, 0) is 13.2 Å². The molecule has 0 amide bonds. The zero-order chi connectivity index (χ0) is 33.5. The predicted octanol–water partition coefficient (Wildman–Crippen LogP) is 8.03. The number of aryl methyl sites for hydroxylation is 2. The Morgan fingerprint density at radius 3 is 1.37 bits per heavy atom. The van der Waals surface area contributed by atoms with Gasteiger partial charge in [-0.1, -0.05) is 12.1 Å². The molecule has 0 N–H and O–H groups in total. The highest BCUT2D eigenvalue weighted by atomic mass is 16.5. The quantitative estimate of drug-likeness (QED) is 0.164. The third-order valence-electron chi connectivity index (χ3n) is 9.25. The molecule has 4 aromatic heterocycles. The molecule has 0 fully saturated rings. The van der Waals surface area contributed by atoms with Crippen LogP contribution >= 0.6 is 0 Å². The first-order valence-electron chi connectivity index (χ1n) is 16.3. The average Bonchev–Trinajstić information content (AvgIpc) is 3.13. The highest BCUT2D eigenvalue weighted by Gasteiger charge is 2.44. The monoisotopic (exact) mass is 644 g/mol. The standard InChI is InChI=1S/C41H32N4O4/c1-24-7-11-42-36(15-24)38-17-26(9-13-44-38)22-48-28-3-5-30-32(19-28)40(46)35-21-34(30)41(47)33-20-29(4-6-31(33)35)49-23-27-10-14-45-39(18-27)37-16-25(2)8-12-43-37/h3-20,34-35H,21-23H2,1-2H3. The van der Waals surface area contributed by atoms with Gasteiger partial charge in [-0.05, 0) is 126 Å².